The molecule has 2 aromatic carbocycles. The minimum absolute atomic E-state index is 0.115. The third-order valence-corrected chi connectivity index (χ3v) is 3.57. The van der Waals surface area contributed by atoms with E-state index < -0.39 is 0 Å². The number of carbonyl (C=O) groups excluding carboxylic acids is 1. The fraction of sp³-hybridized carbons (Fsp3) is 0.176. The summed E-state index contributed by atoms with van der Waals surface area (Å²) in [6.45, 7) is 1.71. The topological polar surface area (TPSA) is 81.9 Å². The summed E-state index contributed by atoms with van der Waals surface area (Å²) in [4.78, 5) is 12.0. The first-order valence-corrected chi connectivity index (χ1v) is 7.63. The number of nitrogens with one attached hydrogen (secondary N) is 1. The Balaban J connectivity index is 1.51. The van der Waals surface area contributed by atoms with E-state index in [2.05, 4.69) is 20.8 Å². The van der Waals surface area contributed by atoms with E-state index in [1.165, 1.54) is 23.1 Å². The van der Waals surface area contributed by atoms with Crippen molar-refractivity contribution in [2.24, 2.45) is 0 Å². The minimum Gasteiger partial charge on any atom is -0.484 e. The van der Waals surface area contributed by atoms with Gasteiger partial charge in [-0.1, -0.05) is 12.1 Å². The highest BCUT2D eigenvalue weighted by molar-refractivity contribution is 5.78. The van der Waals surface area contributed by atoms with Crippen molar-refractivity contribution in [1.82, 2.24) is 25.5 Å². The Morgan fingerprint density at radius 2 is 1.92 bits per heavy atom. The molecule has 0 aliphatic rings. The van der Waals surface area contributed by atoms with Gasteiger partial charge >= 0.3 is 0 Å². The highest BCUT2D eigenvalue weighted by atomic mass is 19.1. The largest absolute Gasteiger partial charge is 0.484 e. The Kier molecular flexibility index (Phi) is 4.98. The molecule has 0 spiro atoms. The summed E-state index contributed by atoms with van der Waals surface area (Å²) in [6, 6.07) is 12.8. The van der Waals surface area contributed by atoms with Crippen LogP contribution >= 0.6 is 0 Å². The van der Waals surface area contributed by atoms with Gasteiger partial charge in [-0.05, 0) is 59.3 Å². The minimum atomic E-state index is -0.310. The van der Waals surface area contributed by atoms with Crippen LogP contribution in [-0.2, 0) is 4.79 Å². The monoisotopic (exact) mass is 341 g/mol. The van der Waals surface area contributed by atoms with Gasteiger partial charge in [0.05, 0.1) is 11.7 Å². The number of aromatic nitrogens is 4. The SMILES string of the molecule is CC(NC(=O)COc1ccc(-n2cnnn2)cc1)c1ccc(F)cc1. The Bertz CT molecular complexity index is 819. The summed E-state index contributed by atoms with van der Waals surface area (Å²) in [6.07, 6.45) is 1.49. The van der Waals surface area contributed by atoms with Crippen molar-refractivity contribution in [3.63, 3.8) is 0 Å². The molecule has 3 aromatic rings. The molecule has 1 N–H and O–H groups in total. The lowest BCUT2D eigenvalue weighted by Gasteiger charge is -2.14. The van der Waals surface area contributed by atoms with Crippen LogP contribution in [0, 0.1) is 5.82 Å². The molecule has 128 valence electrons. The zero-order valence-electron chi connectivity index (χ0n) is 13.5. The second-order valence-electron chi connectivity index (χ2n) is 5.38. The number of benzene rings is 2. The van der Waals surface area contributed by atoms with Gasteiger partial charge in [0.2, 0.25) is 0 Å². The molecule has 1 amide bonds. The summed E-state index contributed by atoms with van der Waals surface area (Å²) in [5.41, 5.74) is 1.60. The number of carbonyl (C=O) groups is 1. The molecule has 1 unspecified atom stereocenters. The van der Waals surface area contributed by atoms with Crippen LogP contribution in [0.3, 0.4) is 0 Å². The summed E-state index contributed by atoms with van der Waals surface area (Å²) >= 11 is 0. The highest BCUT2D eigenvalue weighted by Gasteiger charge is 2.10. The average molecular weight is 341 g/mol. The van der Waals surface area contributed by atoms with Crippen LogP contribution in [0.2, 0.25) is 0 Å². The van der Waals surface area contributed by atoms with Gasteiger partial charge in [-0.3, -0.25) is 4.79 Å². The number of rotatable bonds is 6. The van der Waals surface area contributed by atoms with E-state index in [1.54, 1.807) is 36.4 Å². The third-order valence-electron chi connectivity index (χ3n) is 3.57. The third kappa shape index (κ3) is 4.37. The molecule has 0 fully saturated rings. The Morgan fingerprint density at radius 3 is 2.56 bits per heavy atom. The number of amides is 1. The maximum Gasteiger partial charge on any atom is 0.258 e. The predicted molar refractivity (Wildman–Crippen MR) is 87.6 cm³/mol. The molecule has 0 aliphatic heterocycles. The second-order valence-corrected chi connectivity index (χ2v) is 5.38. The standard InChI is InChI=1S/C17H16FN5O2/c1-12(13-2-4-14(18)5-3-13)20-17(24)10-25-16-8-6-15(7-9-16)23-11-19-21-22-23/h2-9,11-12H,10H2,1H3,(H,20,24). The molecule has 3 rings (SSSR count). The smallest absolute Gasteiger partial charge is 0.258 e. The van der Waals surface area contributed by atoms with E-state index in [-0.39, 0.29) is 24.4 Å². The molecule has 0 bridgehead atoms. The van der Waals surface area contributed by atoms with Crippen LogP contribution < -0.4 is 10.1 Å². The lowest BCUT2D eigenvalue weighted by molar-refractivity contribution is -0.123. The number of hydrogen-bond donors (Lipinski definition) is 1. The van der Waals surface area contributed by atoms with Gasteiger partial charge in [0.25, 0.3) is 5.91 Å². The maximum absolute atomic E-state index is 12.9. The molecular weight excluding hydrogens is 325 g/mol. The molecule has 0 radical (unpaired) electrons. The van der Waals surface area contributed by atoms with Crippen molar-refractivity contribution in [1.29, 1.82) is 0 Å². The summed E-state index contributed by atoms with van der Waals surface area (Å²) in [5.74, 6) is -0.0153. The number of tetrazole rings is 1. The first kappa shape index (κ1) is 16.6. The molecule has 0 saturated heterocycles. The number of halogens is 1. The normalized spacial score (nSPS) is 11.8. The van der Waals surface area contributed by atoms with E-state index in [4.69, 9.17) is 4.74 Å². The van der Waals surface area contributed by atoms with Crippen LogP contribution in [0.25, 0.3) is 5.69 Å². The van der Waals surface area contributed by atoms with Gasteiger partial charge < -0.3 is 10.1 Å². The Hall–Kier alpha value is -3.29. The van der Waals surface area contributed by atoms with Crippen LogP contribution in [0.15, 0.2) is 54.9 Å². The summed E-state index contributed by atoms with van der Waals surface area (Å²) < 4.78 is 19.9. The Labute approximate surface area is 143 Å². The zero-order valence-corrected chi connectivity index (χ0v) is 13.5. The fourth-order valence-electron chi connectivity index (χ4n) is 2.24. The van der Waals surface area contributed by atoms with E-state index in [1.807, 2.05) is 6.92 Å². The van der Waals surface area contributed by atoms with Gasteiger partial charge in [0.15, 0.2) is 6.61 Å². The van der Waals surface area contributed by atoms with Crippen LogP contribution in [0.1, 0.15) is 18.5 Å². The maximum atomic E-state index is 12.9. The van der Waals surface area contributed by atoms with Crippen LogP contribution in [0.4, 0.5) is 4.39 Å². The van der Waals surface area contributed by atoms with E-state index in [0.29, 0.717) is 5.75 Å². The van der Waals surface area contributed by atoms with Gasteiger partial charge in [-0.2, -0.15) is 0 Å². The number of ether oxygens (including phenoxy) is 1. The molecule has 0 saturated carbocycles. The average Bonchev–Trinajstić information content (AvgIpc) is 3.15. The quantitative estimate of drug-likeness (QED) is 0.742. The van der Waals surface area contributed by atoms with Crippen LogP contribution in [-0.4, -0.2) is 32.7 Å². The van der Waals surface area contributed by atoms with Gasteiger partial charge in [0, 0.05) is 0 Å². The molecule has 0 aliphatic carbocycles. The van der Waals surface area contributed by atoms with E-state index in [0.717, 1.165) is 11.3 Å². The lowest BCUT2D eigenvalue weighted by atomic mass is 10.1. The first-order chi connectivity index (χ1) is 12.1. The second kappa shape index (κ2) is 7.52. The molecule has 1 heterocycles. The van der Waals surface area contributed by atoms with E-state index >= 15 is 0 Å². The van der Waals surface area contributed by atoms with Gasteiger partial charge in [0.1, 0.15) is 17.9 Å². The molecule has 1 aromatic heterocycles. The molecule has 1 atom stereocenters. The number of nitrogens with zero attached hydrogens (tertiary/aromatic N) is 4. The fourth-order valence-corrected chi connectivity index (χ4v) is 2.24. The van der Waals surface area contributed by atoms with Crippen molar-refractivity contribution in [3.8, 4) is 11.4 Å². The van der Waals surface area contributed by atoms with Crippen LogP contribution in [0.5, 0.6) is 5.75 Å². The lowest BCUT2D eigenvalue weighted by Crippen LogP contribution is -2.31. The van der Waals surface area contributed by atoms with Crippen molar-refractivity contribution >= 4 is 5.91 Å². The van der Waals surface area contributed by atoms with Gasteiger partial charge in [-0.25, -0.2) is 9.07 Å². The summed E-state index contributed by atoms with van der Waals surface area (Å²) in [7, 11) is 0. The van der Waals surface area contributed by atoms with Crippen molar-refractivity contribution in [3.05, 3.63) is 66.2 Å². The molecule has 25 heavy (non-hydrogen) atoms. The number of hydrogen-bond acceptors (Lipinski definition) is 5. The van der Waals surface area contributed by atoms with Crippen molar-refractivity contribution in [2.75, 3.05) is 6.61 Å². The Morgan fingerprint density at radius 1 is 1.20 bits per heavy atom. The molecule has 8 heteroatoms. The van der Waals surface area contributed by atoms with Gasteiger partial charge in [-0.15, -0.1) is 5.10 Å². The molecule has 7 nitrogen and oxygen atoms in total. The zero-order chi connectivity index (χ0) is 17.6. The van der Waals surface area contributed by atoms with Crippen molar-refractivity contribution in [2.45, 2.75) is 13.0 Å². The highest BCUT2D eigenvalue weighted by Crippen LogP contribution is 2.15. The first-order valence-electron chi connectivity index (χ1n) is 7.63. The summed E-state index contributed by atoms with van der Waals surface area (Å²) in [5, 5.41) is 13.7. The predicted octanol–water partition coefficient (Wildman–Crippen LogP) is 2.06. The van der Waals surface area contributed by atoms with Crippen molar-refractivity contribution < 1.29 is 13.9 Å². The molecular formula is C17H16FN5O2. The van der Waals surface area contributed by atoms with E-state index in [9.17, 15) is 9.18 Å².